The Morgan fingerprint density at radius 1 is 1.22 bits per heavy atom. The number of rotatable bonds is 3. The van der Waals surface area contributed by atoms with Crippen LogP contribution in [0.25, 0.3) is 17.4 Å². The molecule has 0 atom stereocenters. The minimum Gasteiger partial charge on any atom is -0.457 e. The van der Waals surface area contributed by atoms with Crippen LogP contribution in [0.15, 0.2) is 40.8 Å². The van der Waals surface area contributed by atoms with Gasteiger partial charge in [0, 0.05) is 10.6 Å². The van der Waals surface area contributed by atoms with Gasteiger partial charge < -0.3 is 4.42 Å². The summed E-state index contributed by atoms with van der Waals surface area (Å²) >= 11 is 12.0. The van der Waals surface area contributed by atoms with Crippen LogP contribution in [0.1, 0.15) is 12.7 Å². The maximum Gasteiger partial charge on any atom is 0.152 e. The van der Waals surface area contributed by atoms with Gasteiger partial charge in [0.25, 0.3) is 0 Å². The molecule has 92 valence electrons. The van der Waals surface area contributed by atoms with E-state index in [2.05, 4.69) is 0 Å². The Balaban J connectivity index is 2.35. The Morgan fingerprint density at radius 2 is 2.00 bits per heavy atom. The molecule has 0 bridgehead atoms. The maximum absolute atomic E-state index is 10.8. The van der Waals surface area contributed by atoms with Gasteiger partial charge in [-0.05, 0) is 49.4 Å². The van der Waals surface area contributed by atoms with Gasteiger partial charge >= 0.3 is 0 Å². The third-order valence-electron chi connectivity index (χ3n) is 2.30. The van der Waals surface area contributed by atoms with Crippen LogP contribution in [-0.4, -0.2) is 5.78 Å². The average Bonchev–Trinajstić information content (AvgIpc) is 2.78. The van der Waals surface area contributed by atoms with Gasteiger partial charge in [-0.1, -0.05) is 23.2 Å². The lowest BCUT2D eigenvalue weighted by molar-refractivity contribution is -0.112. The second kappa shape index (κ2) is 5.42. The van der Waals surface area contributed by atoms with Gasteiger partial charge in [-0.2, -0.15) is 0 Å². The van der Waals surface area contributed by atoms with E-state index in [-0.39, 0.29) is 5.78 Å². The zero-order chi connectivity index (χ0) is 13.1. The zero-order valence-electron chi connectivity index (χ0n) is 9.61. The van der Waals surface area contributed by atoms with E-state index in [9.17, 15) is 4.79 Å². The first-order chi connectivity index (χ1) is 8.56. The molecule has 0 aliphatic rings. The predicted molar refractivity (Wildman–Crippen MR) is 73.9 cm³/mol. The fourth-order valence-electron chi connectivity index (χ4n) is 1.47. The molecule has 1 aromatic carbocycles. The van der Waals surface area contributed by atoms with Crippen molar-refractivity contribution in [3.8, 4) is 11.3 Å². The molecule has 2 rings (SSSR count). The number of ketones is 1. The van der Waals surface area contributed by atoms with Gasteiger partial charge in [0.2, 0.25) is 0 Å². The number of carbonyl (C=O) groups excluding carboxylic acids is 1. The summed E-state index contributed by atoms with van der Waals surface area (Å²) in [4.78, 5) is 10.8. The Morgan fingerprint density at radius 3 is 2.72 bits per heavy atom. The summed E-state index contributed by atoms with van der Waals surface area (Å²) in [5, 5.41) is 1.16. The first-order valence-electron chi connectivity index (χ1n) is 5.30. The smallest absolute Gasteiger partial charge is 0.152 e. The molecule has 0 amide bonds. The quantitative estimate of drug-likeness (QED) is 0.752. The van der Waals surface area contributed by atoms with Crippen molar-refractivity contribution in [2.24, 2.45) is 0 Å². The third kappa shape index (κ3) is 3.03. The van der Waals surface area contributed by atoms with E-state index >= 15 is 0 Å². The monoisotopic (exact) mass is 280 g/mol. The summed E-state index contributed by atoms with van der Waals surface area (Å²) in [7, 11) is 0. The molecule has 0 N–H and O–H groups in total. The van der Waals surface area contributed by atoms with Crippen LogP contribution in [-0.2, 0) is 4.79 Å². The van der Waals surface area contributed by atoms with E-state index in [1.54, 1.807) is 36.4 Å². The van der Waals surface area contributed by atoms with Crippen molar-refractivity contribution < 1.29 is 9.21 Å². The molecule has 0 spiro atoms. The molecule has 1 aromatic heterocycles. The van der Waals surface area contributed by atoms with E-state index in [0.717, 1.165) is 5.56 Å². The molecule has 0 saturated heterocycles. The van der Waals surface area contributed by atoms with E-state index in [0.29, 0.717) is 21.6 Å². The molecule has 4 heteroatoms. The van der Waals surface area contributed by atoms with Crippen molar-refractivity contribution in [2.75, 3.05) is 0 Å². The van der Waals surface area contributed by atoms with Crippen molar-refractivity contribution in [2.45, 2.75) is 6.92 Å². The molecular formula is C14H10Cl2O2. The van der Waals surface area contributed by atoms with Gasteiger partial charge in [0.05, 0.1) is 5.02 Å². The predicted octanol–water partition coefficient (Wildman–Crippen LogP) is 4.86. The molecule has 2 aromatic rings. The lowest BCUT2D eigenvalue weighted by Gasteiger charge is -2.00. The SMILES string of the molecule is CC(=O)C=Cc1ccc(-c2cc(Cl)ccc2Cl)o1. The summed E-state index contributed by atoms with van der Waals surface area (Å²) in [5.74, 6) is 1.18. The second-order valence-corrected chi connectivity index (χ2v) is 4.61. The van der Waals surface area contributed by atoms with Gasteiger partial charge in [-0.25, -0.2) is 0 Å². The number of furan rings is 1. The highest BCUT2D eigenvalue weighted by Gasteiger charge is 2.08. The Kier molecular flexibility index (Phi) is 3.90. The fraction of sp³-hybridized carbons (Fsp3) is 0.0714. The van der Waals surface area contributed by atoms with Crippen LogP contribution in [0.5, 0.6) is 0 Å². The Bertz CT molecular complexity index is 612. The Labute approximate surface area is 115 Å². The first kappa shape index (κ1) is 12.9. The molecular weight excluding hydrogens is 271 g/mol. The molecule has 0 unspecified atom stereocenters. The van der Waals surface area contributed by atoms with E-state index in [1.807, 2.05) is 0 Å². The van der Waals surface area contributed by atoms with E-state index < -0.39 is 0 Å². The van der Waals surface area contributed by atoms with Crippen LogP contribution < -0.4 is 0 Å². The molecule has 1 heterocycles. The molecule has 18 heavy (non-hydrogen) atoms. The molecule has 0 saturated carbocycles. The lowest BCUT2D eigenvalue weighted by Crippen LogP contribution is -1.78. The number of carbonyl (C=O) groups is 1. The first-order valence-corrected chi connectivity index (χ1v) is 6.06. The van der Waals surface area contributed by atoms with Crippen molar-refractivity contribution in [3.63, 3.8) is 0 Å². The molecule has 2 nitrogen and oxygen atoms in total. The highest BCUT2D eigenvalue weighted by molar-refractivity contribution is 6.35. The van der Waals surface area contributed by atoms with Gasteiger partial charge in [0.15, 0.2) is 5.78 Å². The van der Waals surface area contributed by atoms with Gasteiger partial charge in [0.1, 0.15) is 11.5 Å². The molecule has 0 radical (unpaired) electrons. The zero-order valence-corrected chi connectivity index (χ0v) is 11.1. The minimum absolute atomic E-state index is 0.0336. The number of halogens is 2. The lowest BCUT2D eigenvalue weighted by atomic mass is 10.2. The summed E-state index contributed by atoms with van der Waals surface area (Å²) < 4.78 is 5.57. The third-order valence-corrected chi connectivity index (χ3v) is 2.87. The van der Waals surface area contributed by atoms with Crippen LogP contribution in [0.4, 0.5) is 0 Å². The largest absolute Gasteiger partial charge is 0.457 e. The summed E-state index contributed by atoms with van der Waals surface area (Å²) in [6, 6.07) is 8.73. The van der Waals surface area contributed by atoms with Gasteiger partial charge in [-0.3, -0.25) is 4.79 Å². The standard InChI is InChI=1S/C14H10Cl2O2/c1-9(17)2-4-11-5-7-14(18-11)12-8-10(15)3-6-13(12)16/h2-8H,1H3. The normalized spacial score (nSPS) is 11.1. The van der Waals surface area contributed by atoms with Crippen molar-refractivity contribution >= 4 is 35.1 Å². The van der Waals surface area contributed by atoms with Crippen LogP contribution >= 0.6 is 23.2 Å². The van der Waals surface area contributed by atoms with E-state index in [1.165, 1.54) is 13.0 Å². The van der Waals surface area contributed by atoms with Crippen molar-refractivity contribution in [1.29, 1.82) is 0 Å². The van der Waals surface area contributed by atoms with Crippen molar-refractivity contribution in [3.05, 3.63) is 52.2 Å². The molecule has 0 aliphatic carbocycles. The molecule has 0 fully saturated rings. The highest BCUT2D eigenvalue weighted by atomic mass is 35.5. The maximum atomic E-state index is 10.8. The molecule has 0 aliphatic heterocycles. The fourth-order valence-corrected chi connectivity index (χ4v) is 1.86. The summed E-state index contributed by atoms with van der Waals surface area (Å²) in [6.45, 7) is 1.48. The number of hydrogen-bond acceptors (Lipinski definition) is 2. The van der Waals surface area contributed by atoms with E-state index in [4.69, 9.17) is 27.6 Å². The van der Waals surface area contributed by atoms with Crippen LogP contribution in [0.3, 0.4) is 0 Å². The average molecular weight is 281 g/mol. The Hall–Kier alpha value is -1.51. The summed E-state index contributed by atoms with van der Waals surface area (Å²) in [5.41, 5.74) is 0.728. The van der Waals surface area contributed by atoms with Crippen LogP contribution in [0.2, 0.25) is 10.0 Å². The van der Waals surface area contributed by atoms with Crippen LogP contribution in [0, 0.1) is 0 Å². The number of allylic oxidation sites excluding steroid dienone is 1. The van der Waals surface area contributed by atoms with Crippen molar-refractivity contribution in [1.82, 2.24) is 0 Å². The summed E-state index contributed by atoms with van der Waals surface area (Å²) in [6.07, 6.45) is 3.06. The number of hydrogen-bond donors (Lipinski definition) is 0. The van der Waals surface area contributed by atoms with Gasteiger partial charge in [-0.15, -0.1) is 0 Å². The topological polar surface area (TPSA) is 30.2 Å². The number of benzene rings is 1. The highest BCUT2D eigenvalue weighted by Crippen LogP contribution is 2.31. The second-order valence-electron chi connectivity index (χ2n) is 3.77. The minimum atomic E-state index is -0.0336.